The molecule has 4 nitrogen and oxygen atoms in total. The third kappa shape index (κ3) is 3.95. The van der Waals surface area contributed by atoms with Crippen LogP contribution in [0.5, 0.6) is 5.75 Å². The van der Waals surface area contributed by atoms with Gasteiger partial charge in [-0.15, -0.1) is 0 Å². The fourth-order valence-corrected chi connectivity index (χ4v) is 2.84. The summed E-state index contributed by atoms with van der Waals surface area (Å²) in [6.45, 7) is 4.07. The maximum absolute atomic E-state index is 10.1. The molecule has 0 aromatic heterocycles. The van der Waals surface area contributed by atoms with Crippen molar-refractivity contribution in [2.75, 3.05) is 5.32 Å². The number of hydrogen-bond acceptors (Lipinski definition) is 3. The average molecular weight is 349 g/mol. The van der Waals surface area contributed by atoms with Crippen LogP contribution in [0.1, 0.15) is 16.7 Å². The monoisotopic (exact) mass is 349 g/mol. The number of fused-ring (bicyclic) bond motifs is 1. The van der Waals surface area contributed by atoms with Gasteiger partial charge in [0.05, 0.1) is 6.21 Å². The molecule has 0 unspecified atom stereocenters. The predicted molar refractivity (Wildman–Crippen MR) is 108 cm³/mol. The lowest BCUT2D eigenvalue weighted by atomic mass is 10.0. The van der Waals surface area contributed by atoms with Gasteiger partial charge in [0.25, 0.3) is 0 Å². The molecule has 3 aromatic carbocycles. The molecule has 3 aromatic rings. The van der Waals surface area contributed by atoms with Crippen LogP contribution in [0.15, 0.2) is 59.7 Å². The molecule has 5 heteroatoms. The van der Waals surface area contributed by atoms with E-state index in [-0.39, 0.29) is 5.75 Å². The molecule has 0 amide bonds. The van der Waals surface area contributed by atoms with Crippen LogP contribution in [0, 0.1) is 13.8 Å². The number of phenols is 1. The minimum atomic E-state index is 0.178. The number of thiocarbonyl (C=S) groups is 1. The van der Waals surface area contributed by atoms with Crippen molar-refractivity contribution in [2.24, 2.45) is 5.10 Å². The van der Waals surface area contributed by atoms with Gasteiger partial charge in [0.2, 0.25) is 0 Å². The fourth-order valence-electron chi connectivity index (χ4n) is 2.68. The predicted octanol–water partition coefficient (Wildman–Crippen LogP) is 4.48. The Hall–Kier alpha value is -2.92. The van der Waals surface area contributed by atoms with E-state index < -0.39 is 0 Å². The second kappa shape index (κ2) is 7.32. The van der Waals surface area contributed by atoms with E-state index in [9.17, 15) is 5.11 Å². The molecule has 0 heterocycles. The highest BCUT2D eigenvalue weighted by Crippen LogP contribution is 2.25. The van der Waals surface area contributed by atoms with Crippen molar-refractivity contribution in [2.45, 2.75) is 13.8 Å². The lowest BCUT2D eigenvalue weighted by molar-refractivity contribution is 0.475. The first-order valence-corrected chi connectivity index (χ1v) is 8.33. The van der Waals surface area contributed by atoms with Crippen LogP contribution in [0.4, 0.5) is 5.69 Å². The van der Waals surface area contributed by atoms with Gasteiger partial charge in [-0.2, -0.15) is 5.10 Å². The van der Waals surface area contributed by atoms with E-state index in [1.54, 1.807) is 12.3 Å². The molecule has 0 saturated heterocycles. The van der Waals surface area contributed by atoms with Gasteiger partial charge < -0.3 is 10.4 Å². The lowest BCUT2D eigenvalue weighted by Crippen LogP contribution is -2.24. The maximum atomic E-state index is 10.1. The van der Waals surface area contributed by atoms with Crippen molar-refractivity contribution in [3.63, 3.8) is 0 Å². The number of hydrogen-bond donors (Lipinski definition) is 3. The number of phenolic OH excluding ortho intramolecular Hbond substituents is 1. The largest absolute Gasteiger partial charge is 0.507 e. The minimum Gasteiger partial charge on any atom is -0.507 e. The molecule has 0 aliphatic heterocycles. The van der Waals surface area contributed by atoms with E-state index in [2.05, 4.69) is 21.9 Å². The Morgan fingerprint density at radius 2 is 1.88 bits per heavy atom. The molecule has 3 rings (SSSR count). The summed E-state index contributed by atoms with van der Waals surface area (Å²) in [5, 5.41) is 19.7. The third-order valence-electron chi connectivity index (χ3n) is 3.94. The number of nitrogens with zero attached hydrogens (tertiary/aromatic N) is 1. The molecular formula is C20H19N3OS. The Bertz CT molecular complexity index is 966. The first kappa shape index (κ1) is 16.9. The van der Waals surface area contributed by atoms with Crippen molar-refractivity contribution in [1.82, 2.24) is 5.43 Å². The normalized spacial score (nSPS) is 11.0. The summed E-state index contributed by atoms with van der Waals surface area (Å²) in [5.74, 6) is 0.178. The SMILES string of the molecule is Cc1ccc(NC(=S)N/N=C/c2c(O)ccc3ccccc23)c(C)c1. The summed E-state index contributed by atoms with van der Waals surface area (Å²) >= 11 is 5.27. The summed E-state index contributed by atoms with van der Waals surface area (Å²) in [7, 11) is 0. The summed E-state index contributed by atoms with van der Waals surface area (Å²) in [4.78, 5) is 0. The molecule has 3 N–H and O–H groups in total. The second-order valence-electron chi connectivity index (χ2n) is 5.86. The smallest absolute Gasteiger partial charge is 0.191 e. The number of nitrogens with one attached hydrogen (secondary N) is 2. The third-order valence-corrected chi connectivity index (χ3v) is 4.13. The van der Waals surface area contributed by atoms with Gasteiger partial charge in [-0.3, -0.25) is 5.43 Å². The van der Waals surface area contributed by atoms with Crippen LogP contribution >= 0.6 is 12.2 Å². The summed E-state index contributed by atoms with van der Waals surface area (Å²) < 4.78 is 0. The summed E-state index contributed by atoms with van der Waals surface area (Å²) in [6.07, 6.45) is 1.58. The van der Waals surface area contributed by atoms with E-state index in [4.69, 9.17) is 12.2 Å². The molecule has 0 bridgehead atoms. The zero-order valence-corrected chi connectivity index (χ0v) is 14.9. The zero-order valence-electron chi connectivity index (χ0n) is 14.1. The molecule has 25 heavy (non-hydrogen) atoms. The Morgan fingerprint density at radius 3 is 2.68 bits per heavy atom. The number of aryl methyl sites for hydroxylation is 2. The van der Waals surface area contributed by atoms with Gasteiger partial charge >= 0.3 is 0 Å². The number of hydrazone groups is 1. The van der Waals surface area contributed by atoms with Crippen molar-refractivity contribution in [3.05, 3.63) is 71.3 Å². The second-order valence-corrected chi connectivity index (χ2v) is 6.27. The number of aromatic hydroxyl groups is 1. The van der Waals surface area contributed by atoms with Crippen LogP contribution < -0.4 is 10.7 Å². The Morgan fingerprint density at radius 1 is 1.08 bits per heavy atom. The van der Waals surface area contributed by atoms with Crippen molar-refractivity contribution < 1.29 is 5.11 Å². The molecule has 0 aliphatic carbocycles. The Labute approximate surface area is 152 Å². The van der Waals surface area contributed by atoms with Crippen molar-refractivity contribution >= 4 is 40.0 Å². The van der Waals surface area contributed by atoms with Gasteiger partial charge in [-0.1, -0.05) is 48.0 Å². The van der Waals surface area contributed by atoms with Crippen LogP contribution in [0.3, 0.4) is 0 Å². The average Bonchev–Trinajstić information content (AvgIpc) is 2.59. The first-order chi connectivity index (χ1) is 12.0. The number of benzene rings is 3. The van der Waals surface area contributed by atoms with Crippen molar-refractivity contribution in [3.8, 4) is 5.75 Å². The highest BCUT2D eigenvalue weighted by molar-refractivity contribution is 7.80. The van der Waals surface area contributed by atoms with E-state index in [1.165, 1.54) is 5.56 Å². The number of rotatable bonds is 3. The minimum absolute atomic E-state index is 0.178. The van der Waals surface area contributed by atoms with Gasteiger partial charge in [0, 0.05) is 11.3 Å². The van der Waals surface area contributed by atoms with Crippen molar-refractivity contribution in [1.29, 1.82) is 0 Å². The van der Waals surface area contributed by atoms with Crippen LogP contribution in [0.2, 0.25) is 0 Å². The van der Waals surface area contributed by atoms with E-state index >= 15 is 0 Å². The summed E-state index contributed by atoms with van der Waals surface area (Å²) in [6, 6.07) is 17.5. The highest BCUT2D eigenvalue weighted by Gasteiger charge is 2.04. The van der Waals surface area contributed by atoms with Crippen LogP contribution in [-0.2, 0) is 0 Å². The van der Waals surface area contributed by atoms with Gasteiger partial charge in [-0.25, -0.2) is 0 Å². The quantitative estimate of drug-likeness (QED) is 0.371. The van der Waals surface area contributed by atoms with E-state index in [0.29, 0.717) is 10.7 Å². The Balaban J connectivity index is 1.73. The molecule has 0 spiro atoms. The van der Waals surface area contributed by atoms with E-state index in [1.807, 2.05) is 56.3 Å². The topological polar surface area (TPSA) is 56.7 Å². The van der Waals surface area contributed by atoms with Gasteiger partial charge in [0.1, 0.15) is 5.75 Å². The highest BCUT2D eigenvalue weighted by atomic mass is 32.1. The fraction of sp³-hybridized carbons (Fsp3) is 0.100. The molecule has 0 atom stereocenters. The number of anilines is 1. The van der Waals surface area contributed by atoms with Crippen LogP contribution in [-0.4, -0.2) is 16.4 Å². The van der Waals surface area contributed by atoms with E-state index in [0.717, 1.165) is 22.0 Å². The van der Waals surface area contributed by atoms with Crippen LogP contribution in [0.25, 0.3) is 10.8 Å². The Kier molecular flexibility index (Phi) is 4.95. The molecule has 0 fully saturated rings. The van der Waals surface area contributed by atoms with Gasteiger partial charge in [-0.05, 0) is 54.5 Å². The molecule has 126 valence electrons. The summed E-state index contributed by atoms with van der Waals surface area (Å²) in [5.41, 5.74) is 6.69. The first-order valence-electron chi connectivity index (χ1n) is 7.92. The molecule has 0 saturated carbocycles. The molecule has 0 aliphatic rings. The standard InChI is InChI=1S/C20H19N3OS/c1-13-7-9-18(14(2)11-13)22-20(25)23-21-12-17-16-6-4-3-5-15(16)8-10-19(17)24/h3-12,24H,1-2H3,(H2,22,23,25)/b21-12+. The lowest BCUT2D eigenvalue weighted by Gasteiger charge is -2.10. The zero-order chi connectivity index (χ0) is 17.8. The van der Waals surface area contributed by atoms with Gasteiger partial charge in [0.15, 0.2) is 5.11 Å². The molecular weight excluding hydrogens is 330 g/mol. The maximum Gasteiger partial charge on any atom is 0.191 e. The molecule has 0 radical (unpaired) electrons.